The van der Waals surface area contributed by atoms with Gasteiger partial charge >= 0.3 is 0 Å². The van der Waals surface area contributed by atoms with E-state index in [4.69, 9.17) is 0 Å². The lowest BCUT2D eigenvalue weighted by molar-refractivity contribution is 0.0992. The minimum Gasteiger partial charge on any atom is -0.309 e. The van der Waals surface area contributed by atoms with E-state index in [0.29, 0.717) is 6.54 Å². The number of fused-ring (bicyclic) bond motifs is 1. The quantitative estimate of drug-likeness (QED) is 0.816. The van der Waals surface area contributed by atoms with Gasteiger partial charge in [0, 0.05) is 23.3 Å². The minimum atomic E-state index is 0.125. The van der Waals surface area contributed by atoms with E-state index in [1.54, 1.807) is 12.4 Å². The third-order valence-electron chi connectivity index (χ3n) is 3.38. The summed E-state index contributed by atoms with van der Waals surface area (Å²) < 4.78 is 0. The molecule has 1 heterocycles. The molecule has 0 radical (unpaired) electrons. The number of Topliss-reactive ketones (excluding diaryl/α,β-unsaturated/α-hetero) is 1. The Morgan fingerprint density at radius 1 is 1.28 bits per heavy atom. The molecule has 92 valence electrons. The molecule has 1 saturated carbocycles. The van der Waals surface area contributed by atoms with Crippen LogP contribution in [0.2, 0.25) is 0 Å². The maximum Gasteiger partial charge on any atom is 0.178 e. The summed E-state index contributed by atoms with van der Waals surface area (Å²) in [5, 5.41) is 5.24. The van der Waals surface area contributed by atoms with Gasteiger partial charge in [-0.05, 0) is 30.7 Å². The lowest BCUT2D eigenvalue weighted by Gasteiger charge is -2.06. The highest BCUT2D eigenvalue weighted by Crippen LogP contribution is 2.27. The van der Waals surface area contributed by atoms with Crippen molar-refractivity contribution in [3.63, 3.8) is 0 Å². The Morgan fingerprint density at radius 2 is 2.11 bits per heavy atom. The fraction of sp³-hybridized carbons (Fsp3) is 0.333. The number of carbonyl (C=O) groups is 1. The van der Waals surface area contributed by atoms with Gasteiger partial charge in [0.1, 0.15) is 0 Å². The van der Waals surface area contributed by atoms with Crippen molar-refractivity contribution in [2.75, 3.05) is 13.1 Å². The van der Waals surface area contributed by atoms with Crippen molar-refractivity contribution < 1.29 is 4.79 Å². The molecule has 1 aliphatic rings. The van der Waals surface area contributed by atoms with Crippen LogP contribution in [0.25, 0.3) is 10.8 Å². The van der Waals surface area contributed by atoms with Crippen molar-refractivity contribution in [3.05, 3.63) is 42.2 Å². The monoisotopic (exact) mass is 240 g/mol. The molecular formula is C15H16N2O. The molecule has 2 aromatic rings. The Bertz CT molecular complexity index is 570. The van der Waals surface area contributed by atoms with Gasteiger partial charge in [-0.25, -0.2) is 0 Å². The molecule has 0 unspecified atom stereocenters. The summed E-state index contributed by atoms with van der Waals surface area (Å²) in [6.07, 6.45) is 6.07. The zero-order valence-electron chi connectivity index (χ0n) is 10.2. The number of carbonyl (C=O) groups excluding carboxylic acids is 1. The third-order valence-corrected chi connectivity index (χ3v) is 3.38. The Kier molecular flexibility index (Phi) is 3.07. The summed E-state index contributed by atoms with van der Waals surface area (Å²) in [6, 6.07) is 7.88. The number of hydrogen-bond donors (Lipinski definition) is 1. The Hall–Kier alpha value is -1.74. The van der Waals surface area contributed by atoms with Crippen LogP contribution >= 0.6 is 0 Å². The van der Waals surface area contributed by atoms with Crippen LogP contribution in [0, 0.1) is 5.92 Å². The number of aromatic nitrogens is 1. The van der Waals surface area contributed by atoms with E-state index in [2.05, 4.69) is 10.3 Å². The van der Waals surface area contributed by atoms with Crippen LogP contribution in [0.4, 0.5) is 0 Å². The SMILES string of the molecule is O=C(CNCC1CC1)c1cncc2ccccc12. The smallest absolute Gasteiger partial charge is 0.178 e. The average molecular weight is 240 g/mol. The maximum absolute atomic E-state index is 12.2. The van der Waals surface area contributed by atoms with Gasteiger partial charge in [0.2, 0.25) is 0 Å². The van der Waals surface area contributed by atoms with Crippen molar-refractivity contribution in [1.29, 1.82) is 0 Å². The average Bonchev–Trinajstić information content (AvgIpc) is 3.22. The molecule has 3 heteroatoms. The Labute approximate surface area is 106 Å². The molecule has 0 amide bonds. The summed E-state index contributed by atoms with van der Waals surface area (Å²) >= 11 is 0. The first-order valence-corrected chi connectivity index (χ1v) is 6.41. The van der Waals surface area contributed by atoms with Gasteiger partial charge in [-0.1, -0.05) is 24.3 Å². The second-order valence-electron chi connectivity index (χ2n) is 4.91. The summed E-state index contributed by atoms with van der Waals surface area (Å²) in [7, 11) is 0. The van der Waals surface area contributed by atoms with Gasteiger partial charge in [-0.3, -0.25) is 9.78 Å². The van der Waals surface area contributed by atoms with Gasteiger partial charge in [0.25, 0.3) is 0 Å². The molecule has 0 aliphatic heterocycles. The van der Waals surface area contributed by atoms with E-state index in [-0.39, 0.29) is 5.78 Å². The predicted molar refractivity (Wildman–Crippen MR) is 71.7 cm³/mol. The fourth-order valence-corrected chi connectivity index (χ4v) is 2.15. The first-order valence-electron chi connectivity index (χ1n) is 6.41. The number of benzene rings is 1. The number of ketones is 1. The van der Waals surface area contributed by atoms with E-state index in [0.717, 1.165) is 28.8 Å². The number of nitrogens with one attached hydrogen (secondary N) is 1. The highest BCUT2D eigenvalue weighted by Gasteiger charge is 2.21. The second kappa shape index (κ2) is 4.86. The summed E-state index contributed by atoms with van der Waals surface area (Å²) in [5.74, 6) is 0.920. The van der Waals surface area contributed by atoms with Gasteiger partial charge < -0.3 is 5.32 Å². The van der Waals surface area contributed by atoms with Gasteiger partial charge in [-0.15, -0.1) is 0 Å². The molecule has 1 aromatic heterocycles. The zero-order valence-corrected chi connectivity index (χ0v) is 10.2. The predicted octanol–water partition coefficient (Wildman–Crippen LogP) is 2.42. The number of rotatable bonds is 5. The van der Waals surface area contributed by atoms with Crippen LogP contribution in [0.5, 0.6) is 0 Å². The number of hydrogen-bond acceptors (Lipinski definition) is 3. The van der Waals surface area contributed by atoms with Crippen LogP contribution in [-0.2, 0) is 0 Å². The third kappa shape index (κ3) is 2.41. The van der Waals surface area contributed by atoms with E-state index < -0.39 is 0 Å². The summed E-state index contributed by atoms with van der Waals surface area (Å²) in [6.45, 7) is 1.37. The first kappa shape index (κ1) is 11.4. The van der Waals surface area contributed by atoms with E-state index in [1.165, 1.54) is 12.8 Å². The standard InChI is InChI=1S/C15H16N2O/c18-15(10-16-7-11-5-6-11)14-9-17-8-12-3-1-2-4-13(12)14/h1-4,8-9,11,16H,5-7,10H2. The zero-order chi connectivity index (χ0) is 12.4. The molecule has 0 spiro atoms. The second-order valence-corrected chi connectivity index (χ2v) is 4.91. The van der Waals surface area contributed by atoms with Crippen LogP contribution in [0.1, 0.15) is 23.2 Å². The molecule has 3 nitrogen and oxygen atoms in total. The topological polar surface area (TPSA) is 42.0 Å². The summed E-state index contributed by atoms with van der Waals surface area (Å²) in [5.41, 5.74) is 0.719. The Balaban J connectivity index is 1.77. The van der Waals surface area contributed by atoms with Gasteiger partial charge in [0.05, 0.1) is 6.54 Å². The van der Waals surface area contributed by atoms with Crippen molar-refractivity contribution in [3.8, 4) is 0 Å². The largest absolute Gasteiger partial charge is 0.309 e. The molecule has 1 N–H and O–H groups in total. The molecule has 18 heavy (non-hydrogen) atoms. The van der Waals surface area contributed by atoms with Crippen LogP contribution < -0.4 is 5.32 Å². The van der Waals surface area contributed by atoms with Crippen molar-refractivity contribution in [1.82, 2.24) is 10.3 Å². The number of nitrogens with zero attached hydrogens (tertiary/aromatic N) is 1. The van der Waals surface area contributed by atoms with Crippen molar-refractivity contribution in [2.45, 2.75) is 12.8 Å². The van der Waals surface area contributed by atoms with Crippen molar-refractivity contribution in [2.24, 2.45) is 5.92 Å². The lowest BCUT2D eigenvalue weighted by Crippen LogP contribution is -2.25. The Morgan fingerprint density at radius 3 is 2.94 bits per heavy atom. The maximum atomic E-state index is 12.2. The highest BCUT2D eigenvalue weighted by molar-refractivity contribution is 6.08. The normalized spacial score (nSPS) is 14.9. The number of pyridine rings is 1. The molecule has 0 atom stereocenters. The molecule has 1 aliphatic carbocycles. The molecule has 0 bridgehead atoms. The van der Waals surface area contributed by atoms with Crippen LogP contribution in [0.15, 0.2) is 36.7 Å². The molecular weight excluding hydrogens is 224 g/mol. The van der Waals surface area contributed by atoms with E-state index in [9.17, 15) is 4.79 Å². The van der Waals surface area contributed by atoms with Crippen LogP contribution in [0.3, 0.4) is 0 Å². The molecule has 0 saturated heterocycles. The lowest BCUT2D eigenvalue weighted by atomic mass is 10.0. The first-order chi connectivity index (χ1) is 8.84. The summed E-state index contributed by atoms with van der Waals surface area (Å²) in [4.78, 5) is 16.3. The highest BCUT2D eigenvalue weighted by atomic mass is 16.1. The molecule has 3 rings (SSSR count). The molecule has 1 fully saturated rings. The van der Waals surface area contributed by atoms with Gasteiger partial charge in [0.15, 0.2) is 5.78 Å². The van der Waals surface area contributed by atoms with E-state index in [1.807, 2.05) is 24.3 Å². The fourth-order valence-electron chi connectivity index (χ4n) is 2.15. The van der Waals surface area contributed by atoms with Crippen LogP contribution in [-0.4, -0.2) is 23.9 Å². The van der Waals surface area contributed by atoms with E-state index >= 15 is 0 Å². The van der Waals surface area contributed by atoms with Gasteiger partial charge in [-0.2, -0.15) is 0 Å². The minimum absolute atomic E-state index is 0.125. The molecule has 1 aromatic carbocycles. The van der Waals surface area contributed by atoms with Crippen molar-refractivity contribution >= 4 is 16.6 Å².